The normalized spacial score (nSPS) is 11.2. The van der Waals surface area contributed by atoms with Crippen molar-refractivity contribution in [2.24, 2.45) is 0 Å². The Labute approximate surface area is 124 Å². The van der Waals surface area contributed by atoms with Crippen molar-refractivity contribution < 1.29 is 4.39 Å². The highest BCUT2D eigenvalue weighted by molar-refractivity contribution is 9.10. The molecule has 3 rings (SSSR count). The second-order valence-corrected chi connectivity index (χ2v) is 5.48. The van der Waals surface area contributed by atoms with Gasteiger partial charge in [0.05, 0.1) is 16.7 Å². The molecule has 5 heteroatoms. The van der Waals surface area contributed by atoms with Crippen molar-refractivity contribution in [1.82, 2.24) is 9.55 Å². The summed E-state index contributed by atoms with van der Waals surface area (Å²) in [5.41, 5.74) is 8.58. The van der Waals surface area contributed by atoms with Crippen LogP contribution in [0.2, 0.25) is 0 Å². The number of aromatic nitrogens is 2. The van der Waals surface area contributed by atoms with Crippen molar-refractivity contribution in [2.45, 2.75) is 13.3 Å². The molecule has 0 radical (unpaired) electrons. The molecule has 2 aromatic carbocycles. The Balaban J connectivity index is 2.34. The first-order valence-corrected chi connectivity index (χ1v) is 7.11. The van der Waals surface area contributed by atoms with Gasteiger partial charge in [-0.25, -0.2) is 9.37 Å². The lowest BCUT2D eigenvalue weighted by Gasteiger charge is -2.09. The second-order valence-electron chi connectivity index (χ2n) is 4.56. The SMILES string of the molecule is CCc1nc2cc(N)ccc2n1-c1ccc(Br)cc1F. The van der Waals surface area contributed by atoms with Crippen molar-refractivity contribution in [1.29, 1.82) is 0 Å². The maximum absolute atomic E-state index is 14.2. The Bertz CT molecular complexity index is 795. The van der Waals surface area contributed by atoms with Gasteiger partial charge in [-0.15, -0.1) is 0 Å². The van der Waals surface area contributed by atoms with Gasteiger partial charge in [0.2, 0.25) is 0 Å². The van der Waals surface area contributed by atoms with Gasteiger partial charge < -0.3 is 5.73 Å². The Morgan fingerprint density at radius 2 is 2.05 bits per heavy atom. The number of benzene rings is 2. The molecule has 0 bridgehead atoms. The molecule has 0 saturated carbocycles. The molecule has 0 aliphatic heterocycles. The fraction of sp³-hybridized carbons (Fsp3) is 0.133. The molecule has 3 nitrogen and oxygen atoms in total. The Morgan fingerprint density at radius 3 is 2.75 bits per heavy atom. The molecule has 0 spiro atoms. The molecule has 1 aromatic heterocycles. The van der Waals surface area contributed by atoms with Crippen LogP contribution in [-0.4, -0.2) is 9.55 Å². The van der Waals surface area contributed by atoms with Crippen LogP contribution in [0.1, 0.15) is 12.7 Å². The molecule has 0 aliphatic rings. The van der Waals surface area contributed by atoms with Crippen LogP contribution in [0.15, 0.2) is 40.9 Å². The molecule has 3 aromatic rings. The van der Waals surface area contributed by atoms with Gasteiger partial charge in [0.15, 0.2) is 0 Å². The smallest absolute Gasteiger partial charge is 0.148 e. The number of hydrogen-bond acceptors (Lipinski definition) is 2. The number of rotatable bonds is 2. The van der Waals surface area contributed by atoms with Crippen LogP contribution in [0, 0.1) is 5.82 Å². The minimum Gasteiger partial charge on any atom is -0.399 e. The number of imidazole rings is 1. The summed E-state index contributed by atoms with van der Waals surface area (Å²) in [6.07, 6.45) is 0.712. The van der Waals surface area contributed by atoms with Gasteiger partial charge in [-0.2, -0.15) is 0 Å². The van der Waals surface area contributed by atoms with E-state index in [0.29, 0.717) is 22.3 Å². The van der Waals surface area contributed by atoms with E-state index in [0.717, 1.165) is 16.9 Å². The maximum Gasteiger partial charge on any atom is 0.148 e. The van der Waals surface area contributed by atoms with Crippen LogP contribution in [0.3, 0.4) is 0 Å². The molecule has 0 saturated heterocycles. The van der Waals surface area contributed by atoms with E-state index in [9.17, 15) is 4.39 Å². The van der Waals surface area contributed by atoms with E-state index >= 15 is 0 Å². The van der Waals surface area contributed by atoms with E-state index in [4.69, 9.17) is 5.73 Å². The number of nitrogens with two attached hydrogens (primary N) is 1. The zero-order chi connectivity index (χ0) is 14.3. The van der Waals surface area contributed by atoms with Gasteiger partial charge in [-0.1, -0.05) is 22.9 Å². The number of nitrogen functional groups attached to an aromatic ring is 1. The third-order valence-electron chi connectivity index (χ3n) is 3.21. The molecule has 0 fully saturated rings. The Hall–Kier alpha value is -1.88. The van der Waals surface area contributed by atoms with E-state index in [1.807, 2.05) is 29.7 Å². The van der Waals surface area contributed by atoms with Crippen LogP contribution in [0.25, 0.3) is 16.7 Å². The highest BCUT2D eigenvalue weighted by Crippen LogP contribution is 2.26. The van der Waals surface area contributed by atoms with Crippen LogP contribution in [0.5, 0.6) is 0 Å². The largest absolute Gasteiger partial charge is 0.399 e. The summed E-state index contributed by atoms with van der Waals surface area (Å²) in [5, 5.41) is 0. The zero-order valence-corrected chi connectivity index (χ0v) is 12.5. The lowest BCUT2D eigenvalue weighted by Crippen LogP contribution is -2.02. The van der Waals surface area contributed by atoms with Crippen molar-refractivity contribution in [3.05, 3.63) is 52.5 Å². The van der Waals surface area contributed by atoms with Gasteiger partial charge in [0.25, 0.3) is 0 Å². The number of fused-ring (bicyclic) bond motifs is 1. The van der Waals surface area contributed by atoms with Gasteiger partial charge >= 0.3 is 0 Å². The predicted octanol–water partition coefficient (Wildman–Crippen LogP) is 4.07. The molecule has 0 amide bonds. The number of halogens is 2. The molecular weight excluding hydrogens is 321 g/mol. The average molecular weight is 334 g/mol. The minimum absolute atomic E-state index is 0.287. The molecule has 102 valence electrons. The van der Waals surface area contributed by atoms with E-state index in [1.54, 1.807) is 12.1 Å². The first-order chi connectivity index (χ1) is 9.60. The fourth-order valence-electron chi connectivity index (χ4n) is 2.32. The zero-order valence-electron chi connectivity index (χ0n) is 10.9. The summed E-state index contributed by atoms with van der Waals surface area (Å²) in [4.78, 5) is 4.54. The third-order valence-corrected chi connectivity index (χ3v) is 3.71. The molecule has 0 aliphatic carbocycles. The number of anilines is 1. The van der Waals surface area contributed by atoms with E-state index in [-0.39, 0.29) is 5.82 Å². The molecule has 0 unspecified atom stereocenters. The van der Waals surface area contributed by atoms with E-state index in [1.165, 1.54) is 6.07 Å². The summed E-state index contributed by atoms with van der Waals surface area (Å²) in [5.74, 6) is 0.525. The van der Waals surface area contributed by atoms with Crippen molar-refractivity contribution in [3.8, 4) is 5.69 Å². The van der Waals surface area contributed by atoms with E-state index < -0.39 is 0 Å². The molecule has 1 heterocycles. The van der Waals surface area contributed by atoms with Gasteiger partial charge in [-0.3, -0.25) is 4.57 Å². The van der Waals surface area contributed by atoms with Crippen LogP contribution < -0.4 is 5.73 Å². The summed E-state index contributed by atoms with van der Waals surface area (Å²) < 4.78 is 16.8. The second kappa shape index (κ2) is 4.90. The molecule has 20 heavy (non-hydrogen) atoms. The number of nitrogens with zero attached hydrogens (tertiary/aromatic N) is 2. The standard InChI is InChI=1S/C15H13BrFN3/c1-2-15-19-12-8-10(18)4-6-14(12)20(15)13-5-3-9(16)7-11(13)17/h3-8H,2,18H2,1H3. The Morgan fingerprint density at radius 1 is 1.25 bits per heavy atom. The predicted molar refractivity (Wildman–Crippen MR) is 82.5 cm³/mol. The van der Waals surface area contributed by atoms with E-state index in [2.05, 4.69) is 20.9 Å². The summed E-state index contributed by atoms with van der Waals surface area (Å²) >= 11 is 3.27. The maximum atomic E-state index is 14.2. The fourth-order valence-corrected chi connectivity index (χ4v) is 2.65. The molecular formula is C15H13BrFN3. The number of aryl methyl sites for hydroxylation is 1. The summed E-state index contributed by atoms with van der Waals surface area (Å²) in [7, 11) is 0. The first-order valence-electron chi connectivity index (χ1n) is 6.32. The quantitative estimate of drug-likeness (QED) is 0.718. The van der Waals surface area contributed by atoms with Crippen LogP contribution in [0.4, 0.5) is 10.1 Å². The van der Waals surface area contributed by atoms with Crippen molar-refractivity contribution in [2.75, 3.05) is 5.73 Å². The van der Waals surface area contributed by atoms with Crippen LogP contribution in [-0.2, 0) is 6.42 Å². The molecule has 2 N–H and O–H groups in total. The lowest BCUT2D eigenvalue weighted by atomic mass is 10.2. The highest BCUT2D eigenvalue weighted by Gasteiger charge is 2.14. The number of hydrogen-bond donors (Lipinski definition) is 1. The van der Waals surface area contributed by atoms with Crippen molar-refractivity contribution >= 4 is 32.7 Å². The average Bonchev–Trinajstić information content (AvgIpc) is 2.76. The third kappa shape index (κ3) is 2.08. The molecule has 0 atom stereocenters. The summed E-state index contributed by atoms with van der Waals surface area (Å²) in [6, 6.07) is 10.5. The monoisotopic (exact) mass is 333 g/mol. The van der Waals surface area contributed by atoms with Crippen LogP contribution >= 0.6 is 15.9 Å². The van der Waals surface area contributed by atoms with Gasteiger partial charge in [0, 0.05) is 16.6 Å². The highest BCUT2D eigenvalue weighted by atomic mass is 79.9. The van der Waals surface area contributed by atoms with Gasteiger partial charge in [-0.05, 0) is 36.4 Å². The van der Waals surface area contributed by atoms with Gasteiger partial charge in [0.1, 0.15) is 11.6 Å². The van der Waals surface area contributed by atoms with Crippen molar-refractivity contribution in [3.63, 3.8) is 0 Å². The lowest BCUT2D eigenvalue weighted by molar-refractivity contribution is 0.616. The topological polar surface area (TPSA) is 43.8 Å². The Kier molecular flexibility index (Phi) is 3.22. The minimum atomic E-state index is -0.287. The first kappa shape index (κ1) is 13.1. The summed E-state index contributed by atoms with van der Waals surface area (Å²) in [6.45, 7) is 2.00.